The van der Waals surface area contributed by atoms with E-state index in [0.717, 1.165) is 24.3 Å². The zero-order valence-corrected chi connectivity index (χ0v) is 12.5. The highest BCUT2D eigenvalue weighted by atomic mass is 15.3. The fourth-order valence-electron chi connectivity index (χ4n) is 2.43. The minimum atomic E-state index is 0.372. The minimum absolute atomic E-state index is 0.372. The monoisotopic (exact) mass is 280 g/mol. The molecule has 0 aliphatic carbocycles. The van der Waals surface area contributed by atoms with Crippen LogP contribution in [0.4, 0.5) is 0 Å². The lowest BCUT2D eigenvalue weighted by Gasteiger charge is -2.14. The molecular weight excluding hydrogens is 260 g/mol. The molecule has 2 aromatic heterocycles. The molecule has 1 aromatic carbocycles. The smallest absolute Gasteiger partial charge is 0.0705 e. The molecule has 0 radical (unpaired) electrons. The largest absolute Gasteiger partial charge is 0.308 e. The van der Waals surface area contributed by atoms with Gasteiger partial charge in [-0.2, -0.15) is 5.10 Å². The fourth-order valence-corrected chi connectivity index (χ4v) is 2.43. The molecule has 108 valence electrons. The van der Waals surface area contributed by atoms with Crippen LogP contribution in [0.5, 0.6) is 0 Å². The summed E-state index contributed by atoms with van der Waals surface area (Å²) >= 11 is 0. The molecule has 0 bridgehead atoms. The molecule has 1 unspecified atom stereocenters. The normalized spacial score (nSPS) is 12.7. The van der Waals surface area contributed by atoms with Crippen molar-refractivity contribution in [2.24, 2.45) is 0 Å². The zero-order chi connectivity index (χ0) is 14.7. The van der Waals surface area contributed by atoms with Crippen LogP contribution in [0.2, 0.25) is 0 Å². The molecule has 0 amide bonds. The first-order valence-electron chi connectivity index (χ1n) is 7.28. The lowest BCUT2D eigenvalue weighted by Crippen LogP contribution is -2.30. The molecule has 1 N–H and O–H groups in total. The van der Waals surface area contributed by atoms with Crippen molar-refractivity contribution in [3.8, 4) is 0 Å². The molecule has 1 atom stereocenters. The van der Waals surface area contributed by atoms with Crippen molar-refractivity contribution in [1.82, 2.24) is 20.1 Å². The summed E-state index contributed by atoms with van der Waals surface area (Å²) in [6.07, 6.45) is 3.80. The molecule has 3 rings (SSSR count). The quantitative estimate of drug-likeness (QED) is 0.781. The number of hydrogen-bond donors (Lipinski definition) is 1. The average molecular weight is 280 g/mol. The Hall–Kier alpha value is -2.20. The van der Waals surface area contributed by atoms with Crippen LogP contribution in [0.1, 0.15) is 18.2 Å². The molecule has 0 saturated heterocycles. The Bertz CT molecular complexity index is 719. The van der Waals surface area contributed by atoms with Crippen LogP contribution in [0.25, 0.3) is 10.9 Å². The first kappa shape index (κ1) is 13.8. The Morgan fingerprint density at radius 1 is 1.24 bits per heavy atom. The van der Waals surface area contributed by atoms with Gasteiger partial charge in [-0.3, -0.25) is 9.67 Å². The highest BCUT2D eigenvalue weighted by Gasteiger charge is 2.04. The summed E-state index contributed by atoms with van der Waals surface area (Å²) in [6, 6.07) is 12.9. The third kappa shape index (κ3) is 3.47. The predicted molar refractivity (Wildman–Crippen MR) is 85.0 cm³/mol. The highest BCUT2D eigenvalue weighted by Crippen LogP contribution is 2.14. The van der Waals surface area contributed by atoms with Crippen LogP contribution in [-0.4, -0.2) is 20.8 Å². The van der Waals surface area contributed by atoms with E-state index >= 15 is 0 Å². The van der Waals surface area contributed by atoms with Gasteiger partial charge in [0.05, 0.1) is 12.1 Å². The lowest BCUT2D eigenvalue weighted by molar-refractivity contribution is 0.451. The van der Waals surface area contributed by atoms with Crippen LogP contribution in [0, 0.1) is 6.92 Å². The van der Waals surface area contributed by atoms with E-state index in [-0.39, 0.29) is 0 Å². The second-order valence-corrected chi connectivity index (χ2v) is 5.49. The molecule has 0 saturated carbocycles. The maximum atomic E-state index is 4.53. The first-order valence-corrected chi connectivity index (χ1v) is 7.28. The van der Waals surface area contributed by atoms with E-state index < -0.39 is 0 Å². The van der Waals surface area contributed by atoms with Gasteiger partial charge in [0.15, 0.2) is 0 Å². The van der Waals surface area contributed by atoms with Crippen molar-refractivity contribution in [3.63, 3.8) is 0 Å². The van der Waals surface area contributed by atoms with E-state index in [4.69, 9.17) is 0 Å². The van der Waals surface area contributed by atoms with Gasteiger partial charge in [-0.1, -0.05) is 12.1 Å². The summed E-state index contributed by atoms with van der Waals surface area (Å²) in [6.45, 7) is 5.92. The van der Waals surface area contributed by atoms with Crippen LogP contribution in [0.3, 0.4) is 0 Å². The van der Waals surface area contributed by atoms with Gasteiger partial charge < -0.3 is 5.32 Å². The minimum Gasteiger partial charge on any atom is -0.308 e. The van der Waals surface area contributed by atoms with Gasteiger partial charge in [-0.05, 0) is 43.7 Å². The van der Waals surface area contributed by atoms with Crippen LogP contribution in [-0.2, 0) is 13.1 Å². The third-order valence-electron chi connectivity index (χ3n) is 3.57. The topological polar surface area (TPSA) is 42.7 Å². The predicted octanol–water partition coefficient (Wildman–Crippen LogP) is 2.92. The van der Waals surface area contributed by atoms with Crippen LogP contribution >= 0.6 is 0 Å². The van der Waals surface area contributed by atoms with Crippen molar-refractivity contribution in [3.05, 3.63) is 60.0 Å². The zero-order valence-electron chi connectivity index (χ0n) is 12.5. The SMILES string of the molecule is Cc1ccc2cc(CNC(C)Cn3cccn3)ccc2n1. The van der Waals surface area contributed by atoms with E-state index in [9.17, 15) is 0 Å². The molecule has 4 heteroatoms. The fraction of sp³-hybridized carbons (Fsp3) is 0.294. The Morgan fingerprint density at radius 2 is 2.14 bits per heavy atom. The van der Waals surface area contributed by atoms with Crippen LogP contribution in [0.15, 0.2) is 48.8 Å². The van der Waals surface area contributed by atoms with Crippen molar-refractivity contribution < 1.29 is 0 Å². The second-order valence-electron chi connectivity index (χ2n) is 5.49. The summed E-state index contributed by atoms with van der Waals surface area (Å²) in [5.74, 6) is 0. The number of benzene rings is 1. The molecule has 0 fully saturated rings. The number of aryl methyl sites for hydroxylation is 1. The molecule has 0 aliphatic rings. The van der Waals surface area contributed by atoms with Gasteiger partial charge >= 0.3 is 0 Å². The van der Waals surface area contributed by atoms with E-state index in [1.165, 1.54) is 10.9 Å². The van der Waals surface area contributed by atoms with E-state index in [2.05, 4.69) is 52.7 Å². The summed E-state index contributed by atoms with van der Waals surface area (Å²) in [4.78, 5) is 4.53. The van der Waals surface area contributed by atoms with Gasteiger partial charge in [-0.15, -0.1) is 0 Å². The number of aromatic nitrogens is 3. The number of rotatable bonds is 5. The van der Waals surface area contributed by atoms with Gasteiger partial charge in [0.1, 0.15) is 0 Å². The molecule has 21 heavy (non-hydrogen) atoms. The van der Waals surface area contributed by atoms with E-state index in [1.807, 2.05) is 30.1 Å². The summed E-state index contributed by atoms with van der Waals surface area (Å²) in [5.41, 5.74) is 3.39. The number of nitrogens with one attached hydrogen (secondary N) is 1. The average Bonchev–Trinajstić information content (AvgIpc) is 2.98. The molecule has 0 aliphatic heterocycles. The van der Waals surface area contributed by atoms with E-state index in [1.54, 1.807) is 0 Å². The first-order chi connectivity index (χ1) is 10.2. The van der Waals surface area contributed by atoms with Crippen molar-refractivity contribution >= 4 is 10.9 Å². The Labute approximate surface area is 124 Å². The summed E-state index contributed by atoms with van der Waals surface area (Å²) in [5, 5.41) is 8.95. The molecular formula is C17H20N4. The standard InChI is InChI=1S/C17H20N4/c1-13-4-6-16-10-15(5-7-17(16)20-13)11-18-14(2)12-21-9-3-8-19-21/h3-10,14,18H,11-12H2,1-2H3. The maximum Gasteiger partial charge on any atom is 0.0705 e. The summed E-state index contributed by atoms with van der Waals surface area (Å²) in [7, 11) is 0. The molecule has 3 aromatic rings. The number of fused-ring (bicyclic) bond motifs is 1. The molecule has 4 nitrogen and oxygen atoms in total. The van der Waals surface area contributed by atoms with E-state index in [0.29, 0.717) is 6.04 Å². The molecule has 0 spiro atoms. The number of nitrogens with zero attached hydrogens (tertiary/aromatic N) is 3. The maximum absolute atomic E-state index is 4.53. The Kier molecular flexibility index (Phi) is 3.97. The van der Waals surface area contributed by atoms with Crippen LogP contribution < -0.4 is 5.32 Å². The van der Waals surface area contributed by atoms with Crippen molar-refractivity contribution in [1.29, 1.82) is 0 Å². The lowest BCUT2D eigenvalue weighted by atomic mass is 10.1. The van der Waals surface area contributed by atoms with Crippen molar-refractivity contribution in [2.45, 2.75) is 33.0 Å². The van der Waals surface area contributed by atoms with Gasteiger partial charge in [0.25, 0.3) is 0 Å². The second kappa shape index (κ2) is 6.06. The van der Waals surface area contributed by atoms with Crippen molar-refractivity contribution in [2.75, 3.05) is 0 Å². The third-order valence-corrected chi connectivity index (χ3v) is 3.57. The highest BCUT2D eigenvalue weighted by molar-refractivity contribution is 5.79. The van der Waals surface area contributed by atoms with Gasteiger partial charge in [0, 0.05) is 36.1 Å². The number of pyridine rings is 1. The van der Waals surface area contributed by atoms with Gasteiger partial charge in [-0.25, -0.2) is 0 Å². The molecule has 2 heterocycles. The van der Waals surface area contributed by atoms with Gasteiger partial charge in [0.2, 0.25) is 0 Å². The Morgan fingerprint density at radius 3 is 2.95 bits per heavy atom. The number of hydrogen-bond acceptors (Lipinski definition) is 3. The summed E-state index contributed by atoms with van der Waals surface area (Å²) < 4.78 is 1.95. The Balaban J connectivity index is 1.63.